The lowest BCUT2D eigenvalue weighted by Crippen LogP contribution is -2.14. The lowest BCUT2D eigenvalue weighted by molar-refractivity contribution is 0.102. The quantitative estimate of drug-likeness (QED) is 0.829. The number of para-hydroxylation sites is 1. The van der Waals surface area contributed by atoms with Gasteiger partial charge in [0.1, 0.15) is 0 Å². The molecule has 2 rings (SSSR count). The zero-order valence-corrected chi connectivity index (χ0v) is 13.1. The molecule has 0 saturated carbocycles. The van der Waals surface area contributed by atoms with Gasteiger partial charge in [0.05, 0.1) is 0 Å². The number of hydrogen-bond donors (Lipinski definition) is 2. The number of nitrogens with two attached hydrogens (primary N) is 1. The molecule has 20 heavy (non-hydrogen) atoms. The first-order valence-corrected chi connectivity index (χ1v) is 7.26. The van der Waals surface area contributed by atoms with E-state index in [-0.39, 0.29) is 5.91 Å². The van der Waals surface area contributed by atoms with Crippen molar-refractivity contribution in [1.29, 1.82) is 0 Å². The van der Waals surface area contributed by atoms with Crippen LogP contribution in [0.15, 0.2) is 40.9 Å². The van der Waals surface area contributed by atoms with Crippen LogP contribution in [-0.2, 0) is 6.42 Å². The molecule has 1 amide bonds. The second-order valence-electron chi connectivity index (χ2n) is 4.69. The maximum Gasteiger partial charge on any atom is 0.255 e. The predicted molar refractivity (Wildman–Crippen MR) is 87.1 cm³/mol. The minimum atomic E-state index is -0.151. The third-order valence-electron chi connectivity index (χ3n) is 3.16. The molecule has 2 aromatic rings. The summed E-state index contributed by atoms with van der Waals surface area (Å²) < 4.78 is 0.795. The molecular formula is C16H17BrN2O. The number of aryl methyl sites for hydroxylation is 2. The predicted octanol–water partition coefficient (Wildman–Crippen LogP) is 4.15. The van der Waals surface area contributed by atoms with Crippen molar-refractivity contribution in [3.05, 3.63) is 57.6 Å². The van der Waals surface area contributed by atoms with Gasteiger partial charge in [0, 0.05) is 21.4 Å². The molecule has 104 valence electrons. The highest BCUT2D eigenvalue weighted by molar-refractivity contribution is 9.10. The smallest absolute Gasteiger partial charge is 0.255 e. The number of carbonyl (C=O) groups is 1. The van der Waals surface area contributed by atoms with Gasteiger partial charge in [0.25, 0.3) is 5.91 Å². The van der Waals surface area contributed by atoms with Crippen molar-refractivity contribution in [2.75, 3.05) is 11.1 Å². The fourth-order valence-corrected chi connectivity index (χ4v) is 2.64. The Kier molecular flexibility index (Phi) is 4.45. The van der Waals surface area contributed by atoms with E-state index < -0.39 is 0 Å². The number of amides is 1. The number of anilines is 2. The van der Waals surface area contributed by atoms with Crippen molar-refractivity contribution in [3.63, 3.8) is 0 Å². The van der Waals surface area contributed by atoms with E-state index >= 15 is 0 Å². The standard InChI is InChI=1S/C16H17BrN2O/c1-3-11-6-4-5-10(2)15(11)19-16(20)12-7-13(17)9-14(18)8-12/h4-9H,3,18H2,1-2H3,(H,19,20). The molecule has 0 aromatic heterocycles. The van der Waals surface area contributed by atoms with Crippen molar-refractivity contribution >= 4 is 33.2 Å². The Bertz CT molecular complexity index is 633. The Morgan fingerprint density at radius 2 is 2.05 bits per heavy atom. The average Bonchev–Trinajstić information content (AvgIpc) is 2.39. The van der Waals surface area contributed by atoms with E-state index in [9.17, 15) is 4.79 Å². The first kappa shape index (κ1) is 14.6. The molecule has 0 radical (unpaired) electrons. The van der Waals surface area contributed by atoms with Gasteiger partial charge in [-0.3, -0.25) is 4.79 Å². The van der Waals surface area contributed by atoms with E-state index in [1.807, 2.05) is 25.1 Å². The SMILES string of the molecule is CCc1cccc(C)c1NC(=O)c1cc(N)cc(Br)c1. The second-order valence-corrected chi connectivity index (χ2v) is 5.61. The zero-order chi connectivity index (χ0) is 14.7. The summed E-state index contributed by atoms with van der Waals surface area (Å²) in [7, 11) is 0. The lowest BCUT2D eigenvalue weighted by atomic mass is 10.1. The normalized spacial score (nSPS) is 10.3. The maximum atomic E-state index is 12.4. The molecule has 0 bridgehead atoms. The first-order valence-electron chi connectivity index (χ1n) is 6.47. The van der Waals surface area contributed by atoms with Gasteiger partial charge in [-0.15, -0.1) is 0 Å². The molecule has 0 saturated heterocycles. The summed E-state index contributed by atoms with van der Waals surface area (Å²) in [4.78, 5) is 12.4. The number of halogens is 1. The Hall–Kier alpha value is -1.81. The number of benzene rings is 2. The van der Waals surface area contributed by atoms with Gasteiger partial charge in [0.15, 0.2) is 0 Å². The number of nitrogens with one attached hydrogen (secondary N) is 1. The molecule has 0 fully saturated rings. The summed E-state index contributed by atoms with van der Waals surface area (Å²) in [6, 6.07) is 11.2. The van der Waals surface area contributed by atoms with Gasteiger partial charge in [-0.25, -0.2) is 0 Å². The van der Waals surface area contributed by atoms with Crippen LogP contribution in [0.4, 0.5) is 11.4 Å². The fraction of sp³-hybridized carbons (Fsp3) is 0.188. The third kappa shape index (κ3) is 3.20. The van der Waals surface area contributed by atoms with Crippen LogP contribution in [0.1, 0.15) is 28.4 Å². The minimum Gasteiger partial charge on any atom is -0.399 e. The van der Waals surface area contributed by atoms with E-state index in [1.54, 1.807) is 18.2 Å². The van der Waals surface area contributed by atoms with Gasteiger partial charge in [-0.05, 0) is 42.7 Å². The summed E-state index contributed by atoms with van der Waals surface area (Å²) in [6.45, 7) is 4.06. The molecule has 0 unspecified atom stereocenters. The van der Waals surface area contributed by atoms with Crippen molar-refractivity contribution in [2.24, 2.45) is 0 Å². The van der Waals surface area contributed by atoms with E-state index in [2.05, 4.69) is 28.2 Å². The number of nitrogen functional groups attached to an aromatic ring is 1. The number of rotatable bonds is 3. The largest absolute Gasteiger partial charge is 0.399 e. The summed E-state index contributed by atoms with van der Waals surface area (Å²) in [6.07, 6.45) is 0.873. The van der Waals surface area contributed by atoms with Crippen molar-refractivity contribution in [3.8, 4) is 0 Å². The lowest BCUT2D eigenvalue weighted by Gasteiger charge is -2.13. The van der Waals surface area contributed by atoms with Gasteiger partial charge in [0.2, 0.25) is 0 Å². The van der Waals surface area contributed by atoms with E-state index in [1.165, 1.54) is 0 Å². The molecule has 3 nitrogen and oxygen atoms in total. The molecule has 0 heterocycles. The summed E-state index contributed by atoms with van der Waals surface area (Å²) >= 11 is 3.35. The Morgan fingerprint density at radius 1 is 1.30 bits per heavy atom. The zero-order valence-electron chi connectivity index (χ0n) is 11.5. The minimum absolute atomic E-state index is 0.151. The second kappa shape index (κ2) is 6.09. The highest BCUT2D eigenvalue weighted by Crippen LogP contribution is 2.23. The number of hydrogen-bond acceptors (Lipinski definition) is 2. The highest BCUT2D eigenvalue weighted by atomic mass is 79.9. The van der Waals surface area contributed by atoms with Crippen LogP contribution in [0.5, 0.6) is 0 Å². The molecule has 0 aliphatic heterocycles. The molecule has 4 heteroatoms. The average molecular weight is 333 g/mol. The summed E-state index contributed by atoms with van der Waals surface area (Å²) in [5.74, 6) is -0.151. The summed E-state index contributed by atoms with van der Waals surface area (Å²) in [5, 5.41) is 2.99. The molecular weight excluding hydrogens is 316 g/mol. The number of carbonyl (C=O) groups excluding carboxylic acids is 1. The Balaban J connectivity index is 2.32. The van der Waals surface area contributed by atoms with Crippen LogP contribution in [0, 0.1) is 6.92 Å². The Morgan fingerprint density at radius 3 is 2.70 bits per heavy atom. The molecule has 3 N–H and O–H groups in total. The van der Waals surface area contributed by atoms with Gasteiger partial charge >= 0.3 is 0 Å². The van der Waals surface area contributed by atoms with Crippen LogP contribution in [0.25, 0.3) is 0 Å². The van der Waals surface area contributed by atoms with Crippen LogP contribution >= 0.6 is 15.9 Å². The van der Waals surface area contributed by atoms with Crippen LogP contribution < -0.4 is 11.1 Å². The van der Waals surface area contributed by atoms with Gasteiger partial charge < -0.3 is 11.1 Å². The van der Waals surface area contributed by atoms with E-state index in [4.69, 9.17) is 5.73 Å². The molecule has 2 aromatic carbocycles. The maximum absolute atomic E-state index is 12.4. The third-order valence-corrected chi connectivity index (χ3v) is 3.62. The molecule has 0 aliphatic carbocycles. The van der Waals surface area contributed by atoms with E-state index in [0.29, 0.717) is 11.3 Å². The van der Waals surface area contributed by atoms with Crippen molar-refractivity contribution in [1.82, 2.24) is 0 Å². The Labute approximate surface area is 127 Å². The van der Waals surface area contributed by atoms with Crippen LogP contribution in [0.2, 0.25) is 0 Å². The van der Waals surface area contributed by atoms with E-state index in [0.717, 1.165) is 27.7 Å². The van der Waals surface area contributed by atoms with Crippen LogP contribution in [-0.4, -0.2) is 5.91 Å². The fourth-order valence-electron chi connectivity index (χ4n) is 2.13. The summed E-state index contributed by atoms with van der Waals surface area (Å²) in [5.41, 5.74) is 9.94. The molecule has 0 spiro atoms. The highest BCUT2D eigenvalue weighted by Gasteiger charge is 2.11. The first-order chi connectivity index (χ1) is 9.51. The monoisotopic (exact) mass is 332 g/mol. The van der Waals surface area contributed by atoms with Gasteiger partial charge in [-0.1, -0.05) is 41.1 Å². The van der Waals surface area contributed by atoms with Crippen molar-refractivity contribution in [2.45, 2.75) is 20.3 Å². The topological polar surface area (TPSA) is 55.1 Å². The van der Waals surface area contributed by atoms with Gasteiger partial charge in [-0.2, -0.15) is 0 Å². The van der Waals surface area contributed by atoms with Crippen molar-refractivity contribution < 1.29 is 4.79 Å². The molecule has 0 aliphatic rings. The molecule has 0 atom stereocenters. The van der Waals surface area contributed by atoms with Crippen LogP contribution in [0.3, 0.4) is 0 Å².